The summed E-state index contributed by atoms with van der Waals surface area (Å²) in [6.45, 7) is 4.68. The van der Waals surface area contributed by atoms with E-state index in [1.54, 1.807) is 0 Å². The van der Waals surface area contributed by atoms with E-state index in [1.165, 1.54) is 18.8 Å². The average Bonchev–Trinajstić information content (AvgIpc) is 2.00. The molecule has 0 aliphatic rings. The lowest BCUT2D eigenvalue weighted by molar-refractivity contribution is 0.316. The first kappa shape index (κ1) is 11.8. The van der Waals surface area contributed by atoms with Crippen molar-refractivity contribution in [2.45, 2.75) is 6.92 Å². The van der Waals surface area contributed by atoms with Crippen molar-refractivity contribution in [2.75, 3.05) is 37.5 Å². The summed E-state index contributed by atoms with van der Waals surface area (Å²) in [7, 11) is 2.19. The Bertz CT molecular complexity index is 90.2. The lowest BCUT2D eigenvalue weighted by atomic mass is 10.2. The number of rotatable bonds is 6. The second-order valence-corrected chi connectivity index (χ2v) is 4.65. The van der Waals surface area contributed by atoms with Crippen LogP contribution in [-0.4, -0.2) is 42.4 Å². The van der Waals surface area contributed by atoms with E-state index in [2.05, 4.69) is 41.1 Å². The Morgan fingerprint density at radius 2 is 2.18 bits per heavy atom. The lowest BCUT2D eigenvalue weighted by Gasteiger charge is -2.19. The summed E-state index contributed by atoms with van der Waals surface area (Å²) in [5.41, 5.74) is 0. The summed E-state index contributed by atoms with van der Waals surface area (Å²) < 4.78 is 0. The molecule has 0 heterocycles. The van der Waals surface area contributed by atoms with E-state index in [0.717, 1.165) is 11.2 Å². The van der Waals surface area contributed by atoms with Gasteiger partial charge in [0.25, 0.3) is 0 Å². The van der Waals surface area contributed by atoms with Gasteiger partial charge in [-0.05, 0) is 19.2 Å². The van der Waals surface area contributed by atoms with E-state index in [-0.39, 0.29) is 0 Å². The van der Waals surface area contributed by atoms with Gasteiger partial charge in [0, 0.05) is 24.2 Å². The average molecular weight is 240 g/mol. The van der Waals surface area contributed by atoms with Gasteiger partial charge in [-0.25, -0.2) is 0 Å². The molecule has 0 aromatic carbocycles. The Labute approximate surface area is 83.0 Å². The number of thioether (sulfide) groups is 1. The fourth-order valence-electron chi connectivity index (χ4n) is 0.919. The smallest absolute Gasteiger partial charge is 0.00693 e. The fraction of sp³-hybridized carbons (Fsp3) is 1.00. The third-order valence-corrected chi connectivity index (χ3v) is 3.26. The summed E-state index contributed by atoms with van der Waals surface area (Å²) in [6, 6.07) is 0. The third kappa shape index (κ3) is 7.16. The Morgan fingerprint density at radius 1 is 1.55 bits per heavy atom. The summed E-state index contributed by atoms with van der Waals surface area (Å²) >= 11 is 5.39. The van der Waals surface area contributed by atoms with Crippen molar-refractivity contribution in [2.24, 2.45) is 5.92 Å². The fourth-order valence-corrected chi connectivity index (χ4v) is 1.62. The van der Waals surface area contributed by atoms with Crippen LogP contribution in [0, 0.1) is 5.92 Å². The van der Waals surface area contributed by atoms with Gasteiger partial charge in [0.05, 0.1) is 0 Å². The van der Waals surface area contributed by atoms with Gasteiger partial charge < -0.3 is 4.90 Å². The molecule has 0 saturated heterocycles. The molecule has 11 heavy (non-hydrogen) atoms. The molecule has 0 aliphatic carbocycles. The standard InChI is InChI=1S/C8H18BrNS/c1-8(6-9)7-10(2)4-5-11-3/h8H,4-7H2,1-3H3. The van der Waals surface area contributed by atoms with Gasteiger partial charge in [0.1, 0.15) is 0 Å². The molecule has 1 unspecified atom stereocenters. The zero-order valence-corrected chi connectivity index (χ0v) is 10.0. The molecular formula is C8H18BrNS. The zero-order valence-electron chi connectivity index (χ0n) is 7.64. The molecule has 0 radical (unpaired) electrons. The predicted octanol–water partition coefficient (Wildman–Crippen LogP) is 2.31. The molecule has 0 spiro atoms. The highest BCUT2D eigenvalue weighted by molar-refractivity contribution is 9.09. The van der Waals surface area contributed by atoms with Gasteiger partial charge in [0.15, 0.2) is 0 Å². The first-order valence-corrected chi connectivity index (χ1v) is 6.45. The van der Waals surface area contributed by atoms with Crippen molar-refractivity contribution < 1.29 is 0 Å². The van der Waals surface area contributed by atoms with E-state index in [4.69, 9.17) is 0 Å². The normalized spacial score (nSPS) is 13.9. The van der Waals surface area contributed by atoms with Crippen LogP contribution in [0.3, 0.4) is 0 Å². The van der Waals surface area contributed by atoms with Crippen molar-refractivity contribution in [1.82, 2.24) is 4.90 Å². The maximum Gasteiger partial charge on any atom is 0.00693 e. The SMILES string of the molecule is CSCCN(C)CC(C)CBr. The highest BCUT2D eigenvalue weighted by atomic mass is 79.9. The van der Waals surface area contributed by atoms with Crippen LogP contribution < -0.4 is 0 Å². The third-order valence-electron chi connectivity index (χ3n) is 1.56. The second kappa shape index (κ2) is 7.44. The minimum atomic E-state index is 0.766. The van der Waals surface area contributed by atoms with Crippen LogP contribution in [0.1, 0.15) is 6.92 Å². The lowest BCUT2D eigenvalue weighted by Crippen LogP contribution is -2.27. The number of hydrogen-bond donors (Lipinski definition) is 0. The van der Waals surface area contributed by atoms with Gasteiger partial charge in [-0.1, -0.05) is 22.9 Å². The van der Waals surface area contributed by atoms with Crippen molar-refractivity contribution in [3.05, 3.63) is 0 Å². The topological polar surface area (TPSA) is 3.24 Å². The predicted molar refractivity (Wildman–Crippen MR) is 58.8 cm³/mol. The highest BCUT2D eigenvalue weighted by Crippen LogP contribution is 2.02. The molecule has 1 atom stereocenters. The van der Waals surface area contributed by atoms with Crippen LogP contribution >= 0.6 is 27.7 Å². The first-order chi connectivity index (χ1) is 5.20. The summed E-state index contributed by atoms with van der Waals surface area (Å²) in [4.78, 5) is 2.39. The molecule has 0 amide bonds. The maximum absolute atomic E-state index is 3.48. The molecule has 0 aromatic rings. The van der Waals surface area contributed by atoms with Gasteiger partial charge in [-0.15, -0.1) is 0 Å². The van der Waals surface area contributed by atoms with Crippen LogP contribution in [0.15, 0.2) is 0 Å². The van der Waals surface area contributed by atoms with Crippen LogP contribution in [0.5, 0.6) is 0 Å². The Morgan fingerprint density at radius 3 is 2.64 bits per heavy atom. The summed E-state index contributed by atoms with van der Waals surface area (Å²) in [5.74, 6) is 2.01. The molecule has 0 fully saturated rings. The van der Waals surface area contributed by atoms with Crippen molar-refractivity contribution >= 4 is 27.7 Å². The van der Waals surface area contributed by atoms with Crippen molar-refractivity contribution in [1.29, 1.82) is 0 Å². The minimum absolute atomic E-state index is 0.766. The summed E-state index contributed by atoms with van der Waals surface area (Å²) in [5, 5.41) is 1.11. The molecule has 0 saturated carbocycles. The highest BCUT2D eigenvalue weighted by Gasteiger charge is 2.03. The number of halogens is 1. The van der Waals surface area contributed by atoms with Gasteiger partial charge in [0.2, 0.25) is 0 Å². The Balaban J connectivity index is 3.27. The van der Waals surface area contributed by atoms with E-state index in [1.807, 2.05) is 11.8 Å². The zero-order chi connectivity index (χ0) is 8.69. The van der Waals surface area contributed by atoms with Crippen LogP contribution in [0.25, 0.3) is 0 Å². The van der Waals surface area contributed by atoms with Gasteiger partial charge in [-0.3, -0.25) is 0 Å². The van der Waals surface area contributed by atoms with Crippen LogP contribution in [0.4, 0.5) is 0 Å². The molecule has 68 valence electrons. The van der Waals surface area contributed by atoms with Gasteiger partial charge in [-0.2, -0.15) is 11.8 Å². The molecule has 0 bridgehead atoms. The number of nitrogens with zero attached hydrogens (tertiary/aromatic N) is 1. The first-order valence-electron chi connectivity index (χ1n) is 3.94. The van der Waals surface area contributed by atoms with Crippen molar-refractivity contribution in [3.8, 4) is 0 Å². The second-order valence-electron chi connectivity index (χ2n) is 3.01. The summed E-state index contributed by atoms with van der Waals surface area (Å²) in [6.07, 6.45) is 2.15. The van der Waals surface area contributed by atoms with Crippen LogP contribution in [-0.2, 0) is 0 Å². The van der Waals surface area contributed by atoms with E-state index < -0.39 is 0 Å². The van der Waals surface area contributed by atoms with Crippen LogP contribution in [0.2, 0.25) is 0 Å². The molecule has 0 aliphatic heterocycles. The van der Waals surface area contributed by atoms with Gasteiger partial charge >= 0.3 is 0 Å². The number of hydrogen-bond acceptors (Lipinski definition) is 2. The molecule has 0 N–H and O–H groups in total. The van der Waals surface area contributed by atoms with E-state index in [0.29, 0.717) is 0 Å². The molecule has 1 nitrogen and oxygen atoms in total. The molecule has 3 heteroatoms. The quantitative estimate of drug-likeness (QED) is 0.655. The maximum atomic E-state index is 3.48. The Kier molecular flexibility index (Phi) is 7.97. The molecular weight excluding hydrogens is 222 g/mol. The Hall–Kier alpha value is 0.790. The van der Waals surface area contributed by atoms with Crippen molar-refractivity contribution in [3.63, 3.8) is 0 Å². The molecule has 0 rings (SSSR count). The molecule has 0 aromatic heterocycles. The minimum Gasteiger partial charge on any atom is -0.305 e. The monoisotopic (exact) mass is 239 g/mol. The number of alkyl halides is 1. The van der Waals surface area contributed by atoms with E-state index in [9.17, 15) is 0 Å². The largest absolute Gasteiger partial charge is 0.305 e. The van der Waals surface area contributed by atoms with E-state index >= 15 is 0 Å².